The van der Waals surface area contributed by atoms with Gasteiger partial charge >= 0.3 is 0 Å². The van der Waals surface area contributed by atoms with Gasteiger partial charge in [-0.15, -0.1) is 0 Å². The quantitative estimate of drug-likeness (QED) is 0.778. The maximum atomic E-state index is 12.6. The summed E-state index contributed by atoms with van der Waals surface area (Å²) in [5.41, 5.74) is 3.82. The molecule has 0 spiro atoms. The second kappa shape index (κ2) is 7.06. The van der Waals surface area contributed by atoms with Crippen molar-refractivity contribution in [2.24, 2.45) is 0 Å². The number of aryl methyl sites for hydroxylation is 2. The summed E-state index contributed by atoms with van der Waals surface area (Å²) < 4.78 is 11.3. The average molecular weight is 365 g/mol. The Hall–Kier alpha value is -2.82. The fourth-order valence-electron chi connectivity index (χ4n) is 3.72. The van der Waals surface area contributed by atoms with Crippen LogP contribution in [-0.2, 0) is 17.6 Å². The lowest BCUT2D eigenvalue weighted by molar-refractivity contribution is -0.125. The number of ether oxygens (including phenoxy) is 2. The van der Waals surface area contributed by atoms with Crippen LogP contribution in [0.3, 0.4) is 0 Å². The van der Waals surface area contributed by atoms with Crippen LogP contribution in [0.1, 0.15) is 41.3 Å². The van der Waals surface area contributed by atoms with Gasteiger partial charge in [0.05, 0.1) is 5.69 Å². The molecule has 1 heterocycles. The van der Waals surface area contributed by atoms with Gasteiger partial charge in [-0.25, -0.2) is 0 Å². The van der Waals surface area contributed by atoms with E-state index in [1.807, 2.05) is 6.07 Å². The van der Waals surface area contributed by atoms with E-state index in [9.17, 15) is 9.59 Å². The summed E-state index contributed by atoms with van der Waals surface area (Å²) in [5.74, 6) is 1.08. The van der Waals surface area contributed by atoms with Gasteiger partial charge < -0.3 is 14.4 Å². The predicted molar refractivity (Wildman–Crippen MR) is 103 cm³/mol. The monoisotopic (exact) mass is 365 g/mol. The van der Waals surface area contributed by atoms with E-state index >= 15 is 0 Å². The van der Waals surface area contributed by atoms with E-state index in [4.69, 9.17) is 9.47 Å². The molecule has 2 aromatic carbocycles. The number of amides is 1. The van der Waals surface area contributed by atoms with Crippen molar-refractivity contribution < 1.29 is 19.1 Å². The van der Waals surface area contributed by atoms with Gasteiger partial charge in [0.15, 0.2) is 18.5 Å². The first-order valence-electron chi connectivity index (χ1n) is 9.39. The van der Waals surface area contributed by atoms with E-state index in [0.29, 0.717) is 17.0 Å². The molecule has 0 saturated heterocycles. The minimum Gasteiger partial charge on any atom is -0.485 e. The number of fused-ring (bicyclic) bond motifs is 2. The van der Waals surface area contributed by atoms with E-state index in [-0.39, 0.29) is 18.3 Å². The Bertz CT molecular complexity index is 905. The third-order valence-corrected chi connectivity index (χ3v) is 5.31. The smallest absolute Gasteiger partial charge is 0.267 e. The Morgan fingerprint density at radius 2 is 1.93 bits per heavy atom. The summed E-state index contributed by atoms with van der Waals surface area (Å²) >= 11 is 0. The third-order valence-electron chi connectivity index (χ3n) is 5.31. The fraction of sp³-hybridized carbons (Fsp3) is 0.364. The highest BCUT2D eigenvalue weighted by Crippen LogP contribution is 2.34. The van der Waals surface area contributed by atoms with E-state index in [2.05, 4.69) is 12.1 Å². The van der Waals surface area contributed by atoms with Crippen LogP contribution in [-0.4, -0.2) is 31.4 Å². The van der Waals surface area contributed by atoms with Gasteiger partial charge in [0.2, 0.25) is 0 Å². The highest BCUT2D eigenvalue weighted by molar-refractivity contribution is 6.03. The Morgan fingerprint density at radius 3 is 2.74 bits per heavy atom. The first kappa shape index (κ1) is 17.6. The zero-order valence-electron chi connectivity index (χ0n) is 15.7. The molecule has 1 unspecified atom stereocenters. The molecule has 0 radical (unpaired) electrons. The molecular formula is C22H23NO4. The van der Waals surface area contributed by atoms with Crippen LogP contribution < -0.4 is 14.4 Å². The van der Waals surface area contributed by atoms with Crippen molar-refractivity contribution in [1.29, 1.82) is 0 Å². The van der Waals surface area contributed by atoms with E-state index in [1.165, 1.54) is 28.9 Å². The first-order valence-corrected chi connectivity index (χ1v) is 9.39. The first-order chi connectivity index (χ1) is 13.0. The number of Topliss-reactive ketones (excluding diaryl/α,β-unsaturated/α-hetero) is 1. The van der Waals surface area contributed by atoms with Crippen molar-refractivity contribution in [1.82, 2.24) is 0 Å². The zero-order chi connectivity index (χ0) is 19.0. The van der Waals surface area contributed by atoms with E-state index < -0.39 is 6.10 Å². The Labute approximate surface area is 158 Å². The Balaban J connectivity index is 1.47. The second-order valence-electron chi connectivity index (χ2n) is 7.19. The molecule has 1 aliphatic carbocycles. The van der Waals surface area contributed by atoms with Gasteiger partial charge in [-0.2, -0.15) is 0 Å². The number of hydrogen-bond acceptors (Lipinski definition) is 4. The third kappa shape index (κ3) is 3.42. The molecule has 0 N–H and O–H groups in total. The van der Waals surface area contributed by atoms with E-state index in [1.54, 1.807) is 32.2 Å². The van der Waals surface area contributed by atoms with Gasteiger partial charge in [0, 0.05) is 12.6 Å². The summed E-state index contributed by atoms with van der Waals surface area (Å²) in [6.45, 7) is 1.68. The number of anilines is 1. The summed E-state index contributed by atoms with van der Waals surface area (Å²) in [6, 6.07) is 11.2. The number of carbonyl (C=O) groups is 2. The summed E-state index contributed by atoms with van der Waals surface area (Å²) in [7, 11) is 1.69. The SMILES string of the molecule is CC1Oc2ccc(C(=O)COc3ccc4c(c3)CCCC4)cc2N(C)C1=O. The van der Waals surface area contributed by atoms with Crippen molar-refractivity contribution in [2.75, 3.05) is 18.6 Å². The molecule has 1 amide bonds. The Kier molecular flexibility index (Phi) is 4.60. The van der Waals surface area contributed by atoms with Crippen molar-refractivity contribution in [3.05, 3.63) is 53.1 Å². The van der Waals surface area contributed by atoms with Crippen molar-refractivity contribution in [3.63, 3.8) is 0 Å². The lowest BCUT2D eigenvalue weighted by Crippen LogP contribution is -2.42. The zero-order valence-corrected chi connectivity index (χ0v) is 15.7. The number of likely N-dealkylation sites (N-methyl/N-ethyl adjacent to an activating group) is 1. The normalized spacial score (nSPS) is 18.4. The van der Waals surface area contributed by atoms with Crippen LogP contribution in [0.25, 0.3) is 0 Å². The molecule has 5 heteroatoms. The minimum absolute atomic E-state index is 0.0352. The summed E-state index contributed by atoms with van der Waals surface area (Å²) in [6.07, 6.45) is 4.12. The molecule has 1 atom stereocenters. The topological polar surface area (TPSA) is 55.8 Å². The van der Waals surface area contributed by atoms with E-state index in [0.717, 1.165) is 18.6 Å². The Morgan fingerprint density at radius 1 is 1.15 bits per heavy atom. The molecule has 0 bridgehead atoms. The number of benzene rings is 2. The van der Waals surface area contributed by atoms with Gasteiger partial charge in [0.25, 0.3) is 5.91 Å². The van der Waals surface area contributed by atoms with Crippen LogP contribution in [0.15, 0.2) is 36.4 Å². The van der Waals surface area contributed by atoms with Gasteiger partial charge in [-0.05, 0) is 74.1 Å². The number of rotatable bonds is 4. The molecule has 2 aliphatic rings. The summed E-state index contributed by atoms with van der Waals surface area (Å²) in [5, 5.41) is 0. The van der Waals surface area contributed by atoms with Gasteiger partial charge in [-0.3, -0.25) is 9.59 Å². The molecular weight excluding hydrogens is 342 g/mol. The van der Waals surface area contributed by atoms with Crippen LogP contribution in [0, 0.1) is 0 Å². The highest BCUT2D eigenvalue weighted by Gasteiger charge is 2.29. The summed E-state index contributed by atoms with van der Waals surface area (Å²) in [4.78, 5) is 26.2. The predicted octanol–water partition coefficient (Wildman–Crippen LogP) is 3.57. The molecule has 0 aromatic heterocycles. The molecule has 0 fully saturated rings. The lowest BCUT2D eigenvalue weighted by Gasteiger charge is -2.30. The second-order valence-corrected chi connectivity index (χ2v) is 7.19. The van der Waals surface area contributed by atoms with Gasteiger partial charge in [0.1, 0.15) is 11.5 Å². The van der Waals surface area contributed by atoms with Gasteiger partial charge in [-0.1, -0.05) is 6.07 Å². The molecule has 4 rings (SSSR count). The molecule has 140 valence electrons. The molecule has 27 heavy (non-hydrogen) atoms. The van der Waals surface area contributed by atoms with Crippen molar-refractivity contribution in [2.45, 2.75) is 38.7 Å². The molecule has 0 saturated carbocycles. The van der Waals surface area contributed by atoms with Crippen molar-refractivity contribution >= 4 is 17.4 Å². The maximum Gasteiger partial charge on any atom is 0.267 e. The van der Waals surface area contributed by atoms with Crippen LogP contribution in [0.2, 0.25) is 0 Å². The largest absolute Gasteiger partial charge is 0.485 e. The average Bonchev–Trinajstić information content (AvgIpc) is 2.70. The van der Waals surface area contributed by atoms with Crippen molar-refractivity contribution in [3.8, 4) is 11.5 Å². The van der Waals surface area contributed by atoms with Crippen LogP contribution in [0.4, 0.5) is 5.69 Å². The highest BCUT2D eigenvalue weighted by atomic mass is 16.5. The number of carbonyl (C=O) groups excluding carboxylic acids is 2. The number of ketones is 1. The standard InChI is InChI=1S/C22H23NO4/c1-14-22(25)23(2)19-12-17(8-10-21(19)27-14)20(24)13-26-18-9-7-15-5-3-4-6-16(15)11-18/h7-12,14H,3-6,13H2,1-2H3. The van der Waals surface area contributed by atoms with Crippen LogP contribution >= 0.6 is 0 Å². The number of nitrogens with zero attached hydrogens (tertiary/aromatic N) is 1. The molecule has 1 aliphatic heterocycles. The molecule has 5 nitrogen and oxygen atoms in total. The minimum atomic E-state index is -0.517. The van der Waals surface area contributed by atoms with Crippen LogP contribution in [0.5, 0.6) is 11.5 Å². The lowest BCUT2D eigenvalue weighted by atomic mass is 9.92. The maximum absolute atomic E-state index is 12.6. The number of hydrogen-bond donors (Lipinski definition) is 0. The molecule has 2 aromatic rings. The fourth-order valence-corrected chi connectivity index (χ4v) is 3.72.